The summed E-state index contributed by atoms with van der Waals surface area (Å²) in [6, 6.07) is 15.7. The summed E-state index contributed by atoms with van der Waals surface area (Å²) in [4.78, 5) is 37.1. The smallest absolute Gasteiger partial charge is 0.407 e. The first-order valence-electron chi connectivity index (χ1n) is 12.2. The molecule has 0 bridgehead atoms. The van der Waals surface area contributed by atoms with Gasteiger partial charge in [-0.15, -0.1) is 0 Å². The second kappa shape index (κ2) is 9.70. The molecule has 1 aliphatic heterocycles. The third-order valence-corrected chi connectivity index (χ3v) is 7.44. The first-order valence-corrected chi connectivity index (χ1v) is 12.2. The van der Waals surface area contributed by atoms with Crippen molar-refractivity contribution in [2.75, 3.05) is 13.2 Å². The van der Waals surface area contributed by atoms with Gasteiger partial charge in [0.1, 0.15) is 6.61 Å². The van der Waals surface area contributed by atoms with Crippen LogP contribution in [0, 0.1) is 0 Å². The van der Waals surface area contributed by atoms with Crippen LogP contribution in [-0.2, 0) is 19.1 Å². The largest absolute Gasteiger partial charge is 0.481 e. The third-order valence-electron chi connectivity index (χ3n) is 7.44. The van der Waals surface area contributed by atoms with E-state index in [0.717, 1.165) is 35.1 Å². The molecule has 0 unspecified atom stereocenters. The molecule has 8 nitrogen and oxygen atoms in total. The summed E-state index contributed by atoms with van der Waals surface area (Å²) in [5.74, 6) is -1.37. The molecule has 5 rings (SSSR count). The molecule has 3 aliphatic rings. The molecule has 0 radical (unpaired) electrons. The second-order valence-electron chi connectivity index (χ2n) is 9.70. The van der Waals surface area contributed by atoms with Gasteiger partial charge in [-0.05, 0) is 41.5 Å². The number of aliphatic carboxylic acids is 1. The van der Waals surface area contributed by atoms with Gasteiger partial charge in [0.15, 0.2) is 6.10 Å². The standard InChI is InChI=1S/C27H30N2O6/c30-23(31)15-27(12-5-6-13-27)29-25(32)24-22(11-14-34-24)28-26(33)35-16-21-19-9-3-1-7-17(19)18-8-2-4-10-20(18)21/h1-4,7-10,21-22,24H,5-6,11-16H2,(H,28,33)(H,29,32)(H,30,31)/t22-,24+/m0/s1. The minimum Gasteiger partial charge on any atom is -0.481 e. The van der Waals surface area contributed by atoms with Crippen molar-refractivity contribution >= 4 is 18.0 Å². The Morgan fingerprint density at radius 1 is 1.00 bits per heavy atom. The minimum atomic E-state index is -0.937. The van der Waals surface area contributed by atoms with Crippen LogP contribution in [0.1, 0.15) is 55.6 Å². The fourth-order valence-corrected chi connectivity index (χ4v) is 5.81. The number of fused-ring (bicyclic) bond motifs is 3. The summed E-state index contributed by atoms with van der Waals surface area (Å²) >= 11 is 0. The maximum absolute atomic E-state index is 13.0. The number of carboxylic acids is 1. The highest BCUT2D eigenvalue weighted by atomic mass is 16.6. The number of carbonyl (C=O) groups excluding carboxylic acids is 2. The Morgan fingerprint density at radius 2 is 1.63 bits per heavy atom. The first-order chi connectivity index (χ1) is 17.0. The van der Waals surface area contributed by atoms with Gasteiger partial charge >= 0.3 is 12.1 Å². The third kappa shape index (κ3) is 4.75. The number of carbonyl (C=O) groups is 3. The lowest BCUT2D eigenvalue weighted by atomic mass is 9.92. The zero-order valence-electron chi connectivity index (χ0n) is 19.5. The molecule has 35 heavy (non-hydrogen) atoms. The van der Waals surface area contributed by atoms with Crippen LogP contribution in [0.3, 0.4) is 0 Å². The highest BCUT2D eigenvalue weighted by Gasteiger charge is 2.42. The predicted molar refractivity (Wildman–Crippen MR) is 128 cm³/mol. The molecule has 0 spiro atoms. The zero-order valence-corrected chi connectivity index (χ0v) is 19.5. The van der Waals surface area contributed by atoms with E-state index >= 15 is 0 Å². The van der Waals surface area contributed by atoms with Gasteiger partial charge in [0.25, 0.3) is 5.91 Å². The number of ether oxygens (including phenoxy) is 2. The lowest BCUT2D eigenvalue weighted by Crippen LogP contribution is -2.55. The molecule has 2 aromatic rings. The van der Waals surface area contributed by atoms with Crippen LogP contribution < -0.4 is 10.6 Å². The van der Waals surface area contributed by atoms with Crippen molar-refractivity contribution in [3.8, 4) is 11.1 Å². The quantitative estimate of drug-likeness (QED) is 0.561. The molecule has 2 atom stereocenters. The van der Waals surface area contributed by atoms with Crippen molar-refractivity contribution in [2.24, 2.45) is 0 Å². The zero-order chi connectivity index (χ0) is 24.4. The van der Waals surface area contributed by atoms with Crippen LogP contribution in [-0.4, -0.2) is 54.0 Å². The highest BCUT2D eigenvalue weighted by molar-refractivity contribution is 5.84. The molecule has 0 aromatic heterocycles. The number of hydrogen-bond acceptors (Lipinski definition) is 5. The SMILES string of the molecule is O=C(O)CC1(NC(=O)[C@@H]2OCC[C@@H]2NC(=O)OCC2c3ccccc3-c3ccccc32)CCCC1. The van der Waals surface area contributed by atoms with Crippen LogP contribution in [0.2, 0.25) is 0 Å². The molecule has 8 heteroatoms. The van der Waals surface area contributed by atoms with Gasteiger partial charge in [0, 0.05) is 12.5 Å². The monoisotopic (exact) mass is 478 g/mol. The van der Waals surface area contributed by atoms with Gasteiger partial charge in [-0.2, -0.15) is 0 Å². The number of rotatable bonds is 7. The van der Waals surface area contributed by atoms with Crippen molar-refractivity contribution in [3.05, 3.63) is 59.7 Å². The van der Waals surface area contributed by atoms with Crippen LogP contribution in [0.4, 0.5) is 4.79 Å². The normalized spacial score (nSPS) is 22.3. The molecule has 184 valence electrons. The molecule has 3 N–H and O–H groups in total. The van der Waals surface area contributed by atoms with Gasteiger partial charge in [0.05, 0.1) is 18.0 Å². The van der Waals surface area contributed by atoms with E-state index in [2.05, 4.69) is 34.9 Å². The summed E-state index contributed by atoms with van der Waals surface area (Å²) in [6.45, 7) is 0.518. The topological polar surface area (TPSA) is 114 Å². The van der Waals surface area contributed by atoms with Crippen molar-refractivity contribution < 1.29 is 29.0 Å². The van der Waals surface area contributed by atoms with E-state index < -0.39 is 29.7 Å². The molecule has 1 saturated carbocycles. The van der Waals surface area contributed by atoms with E-state index in [1.165, 1.54) is 0 Å². The lowest BCUT2D eigenvalue weighted by Gasteiger charge is -2.31. The molecule has 2 fully saturated rings. The molecule has 2 aromatic carbocycles. The van der Waals surface area contributed by atoms with Gasteiger partial charge in [-0.3, -0.25) is 9.59 Å². The Labute approximate surface area is 204 Å². The fourth-order valence-electron chi connectivity index (χ4n) is 5.81. The number of amides is 2. The molecular weight excluding hydrogens is 448 g/mol. The van der Waals surface area contributed by atoms with Crippen LogP contribution in [0.15, 0.2) is 48.5 Å². The second-order valence-corrected chi connectivity index (χ2v) is 9.70. The number of nitrogens with one attached hydrogen (secondary N) is 2. The Hall–Kier alpha value is -3.39. The number of carboxylic acid groups (broad SMARTS) is 1. The van der Waals surface area contributed by atoms with Gasteiger partial charge in [-0.1, -0.05) is 61.4 Å². The minimum absolute atomic E-state index is 0.0506. The summed E-state index contributed by atoms with van der Waals surface area (Å²) in [7, 11) is 0. The number of benzene rings is 2. The summed E-state index contributed by atoms with van der Waals surface area (Å²) < 4.78 is 11.3. The molecule has 1 heterocycles. The van der Waals surface area contributed by atoms with E-state index in [1.807, 2.05) is 24.3 Å². The maximum Gasteiger partial charge on any atom is 0.407 e. The molecule has 2 amide bonds. The van der Waals surface area contributed by atoms with Gasteiger partial charge in [0.2, 0.25) is 0 Å². The summed E-state index contributed by atoms with van der Waals surface area (Å²) in [5, 5.41) is 15.0. The van der Waals surface area contributed by atoms with Gasteiger partial charge in [-0.25, -0.2) is 4.79 Å². The molecule has 1 saturated heterocycles. The van der Waals surface area contributed by atoms with Crippen LogP contribution in [0.25, 0.3) is 11.1 Å². The molecule has 2 aliphatic carbocycles. The molecular formula is C27H30N2O6. The Kier molecular flexibility index (Phi) is 6.47. The van der Waals surface area contributed by atoms with Crippen molar-refractivity contribution in [1.82, 2.24) is 10.6 Å². The maximum atomic E-state index is 13.0. The average Bonchev–Trinajstić information content (AvgIpc) is 3.55. The lowest BCUT2D eigenvalue weighted by molar-refractivity contribution is -0.140. The van der Waals surface area contributed by atoms with Crippen LogP contribution >= 0.6 is 0 Å². The van der Waals surface area contributed by atoms with E-state index in [-0.39, 0.29) is 24.9 Å². The summed E-state index contributed by atoms with van der Waals surface area (Å²) in [5.41, 5.74) is 3.82. The van der Waals surface area contributed by atoms with E-state index in [4.69, 9.17) is 9.47 Å². The number of hydrogen-bond donors (Lipinski definition) is 3. The Bertz CT molecular complexity index is 1080. The highest BCUT2D eigenvalue weighted by Crippen LogP contribution is 2.44. The van der Waals surface area contributed by atoms with E-state index in [9.17, 15) is 19.5 Å². The first kappa shape index (κ1) is 23.4. The summed E-state index contributed by atoms with van der Waals surface area (Å²) in [6.07, 6.45) is 1.90. The van der Waals surface area contributed by atoms with Crippen molar-refractivity contribution in [3.63, 3.8) is 0 Å². The predicted octanol–water partition coefficient (Wildman–Crippen LogP) is 3.59. The Morgan fingerprint density at radius 3 is 2.26 bits per heavy atom. The Balaban J connectivity index is 1.20. The fraction of sp³-hybridized carbons (Fsp3) is 0.444. The average molecular weight is 479 g/mol. The van der Waals surface area contributed by atoms with E-state index in [1.54, 1.807) is 0 Å². The van der Waals surface area contributed by atoms with Crippen LogP contribution in [0.5, 0.6) is 0 Å². The van der Waals surface area contributed by atoms with Crippen molar-refractivity contribution in [2.45, 2.75) is 62.1 Å². The number of alkyl carbamates (subject to hydrolysis) is 1. The van der Waals surface area contributed by atoms with E-state index in [0.29, 0.717) is 25.9 Å². The van der Waals surface area contributed by atoms with Gasteiger partial charge < -0.3 is 25.2 Å². The van der Waals surface area contributed by atoms with Crippen molar-refractivity contribution in [1.29, 1.82) is 0 Å².